The quantitative estimate of drug-likeness (QED) is 0.568. The van der Waals surface area contributed by atoms with Crippen LogP contribution in [-0.4, -0.2) is 23.1 Å². The van der Waals surface area contributed by atoms with Gasteiger partial charge in [0.1, 0.15) is 0 Å². The van der Waals surface area contributed by atoms with Crippen LogP contribution in [0.25, 0.3) is 0 Å². The van der Waals surface area contributed by atoms with E-state index in [4.69, 9.17) is 0 Å². The molecule has 1 aromatic heterocycles. The summed E-state index contributed by atoms with van der Waals surface area (Å²) in [4.78, 5) is 7.23. The smallest absolute Gasteiger partial charge is 0.0690 e. The molecule has 2 heterocycles. The summed E-state index contributed by atoms with van der Waals surface area (Å²) in [5.41, 5.74) is 4.75. The fraction of sp³-hybridized carbons (Fsp3) is 0.333. The van der Waals surface area contributed by atoms with Gasteiger partial charge in [-0.05, 0) is 49.6 Å². The number of aryl methyl sites for hydroxylation is 1. The average Bonchev–Trinajstić information content (AvgIpc) is 2.65. The van der Waals surface area contributed by atoms with Gasteiger partial charge in [-0.1, -0.05) is 37.3 Å². The van der Waals surface area contributed by atoms with Gasteiger partial charge in [0, 0.05) is 25.7 Å². The number of likely N-dealkylation sites (tertiary alicyclic amines) is 1. The molecule has 3 rings (SSSR count). The Balaban J connectivity index is 1.89. The maximum atomic E-state index is 4.69. The van der Waals surface area contributed by atoms with Crippen molar-refractivity contribution in [3.05, 3.63) is 72.2 Å². The molecule has 0 saturated carbocycles. The Morgan fingerprint density at radius 1 is 1.28 bits per heavy atom. The predicted molar refractivity (Wildman–Crippen MR) is 105 cm³/mol. The van der Waals surface area contributed by atoms with Crippen LogP contribution < -0.4 is 5.01 Å². The highest BCUT2D eigenvalue weighted by molar-refractivity contribution is 5.56. The number of rotatable bonds is 6. The fourth-order valence-corrected chi connectivity index (χ4v) is 3.66. The number of hydrazone groups is 1. The van der Waals surface area contributed by atoms with Crippen molar-refractivity contribution in [3.8, 4) is 0 Å². The van der Waals surface area contributed by atoms with Gasteiger partial charge in [-0.15, -0.1) is 0 Å². The highest BCUT2D eigenvalue weighted by Gasteiger charge is 2.27. The first-order valence-electron chi connectivity index (χ1n) is 8.86. The molecule has 0 amide bonds. The molecule has 25 heavy (non-hydrogen) atoms. The number of hydrogen-bond donors (Lipinski definition) is 0. The molecule has 0 radical (unpaired) electrons. The van der Waals surface area contributed by atoms with Crippen LogP contribution in [0.5, 0.6) is 0 Å². The lowest BCUT2D eigenvalue weighted by Gasteiger charge is -2.36. The summed E-state index contributed by atoms with van der Waals surface area (Å²) in [5.74, 6) is 0. The van der Waals surface area contributed by atoms with E-state index >= 15 is 0 Å². The topological polar surface area (TPSA) is 31.7 Å². The molecule has 1 aliphatic rings. The molecule has 1 fully saturated rings. The van der Waals surface area contributed by atoms with E-state index in [1.807, 2.05) is 18.3 Å². The molecular weight excluding hydrogens is 308 g/mol. The van der Waals surface area contributed by atoms with Crippen LogP contribution in [0.4, 0.5) is 5.69 Å². The number of hydrogen-bond acceptors (Lipinski definition) is 4. The minimum atomic E-state index is 0.372. The third kappa shape index (κ3) is 3.80. The molecule has 1 unspecified atom stereocenters. The Morgan fingerprint density at radius 3 is 2.88 bits per heavy atom. The number of nitrogens with zero attached hydrogens (tertiary/aromatic N) is 4. The highest BCUT2D eigenvalue weighted by Crippen LogP contribution is 2.34. The van der Waals surface area contributed by atoms with Gasteiger partial charge in [-0.2, -0.15) is 5.10 Å². The zero-order valence-electron chi connectivity index (χ0n) is 14.9. The molecule has 130 valence electrons. The zero-order chi connectivity index (χ0) is 17.6. The van der Waals surface area contributed by atoms with E-state index in [1.165, 1.54) is 29.7 Å². The second kappa shape index (κ2) is 8.08. The van der Waals surface area contributed by atoms with E-state index in [-0.39, 0.29) is 0 Å². The molecule has 0 aliphatic carbocycles. The first-order valence-corrected chi connectivity index (χ1v) is 8.86. The molecule has 0 spiro atoms. The number of aromatic nitrogens is 1. The van der Waals surface area contributed by atoms with Gasteiger partial charge in [-0.25, -0.2) is 5.01 Å². The molecule has 2 aromatic rings. The Bertz CT molecular complexity index is 732. The summed E-state index contributed by atoms with van der Waals surface area (Å²) >= 11 is 0. The highest BCUT2D eigenvalue weighted by atomic mass is 15.4. The molecular formula is C21H26N4. The predicted octanol–water partition coefficient (Wildman–Crippen LogP) is 4.68. The maximum Gasteiger partial charge on any atom is 0.0690 e. The van der Waals surface area contributed by atoms with Crippen molar-refractivity contribution in [2.45, 2.75) is 38.8 Å². The van der Waals surface area contributed by atoms with Crippen LogP contribution in [0.15, 0.2) is 60.5 Å². The molecule has 1 aliphatic heterocycles. The SMILES string of the molecule is C=CN(N=C)c1ccccc1CN1CCCCC1c1ncccc1C. The Morgan fingerprint density at radius 2 is 2.12 bits per heavy atom. The van der Waals surface area contributed by atoms with Gasteiger partial charge in [0.05, 0.1) is 17.4 Å². The van der Waals surface area contributed by atoms with E-state index in [2.05, 4.69) is 59.5 Å². The number of anilines is 1. The maximum absolute atomic E-state index is 4.69. The van der Waals surface area contributed by atoms with Crippen LogP contribution in [0, 0.1) is 6.92 Å². The molecule has 1 aromatic carbocycles. The average molecular weight is 334 g/mol. The molecule has 0 bridgehead atoms. The molecule has 4 heteroatoms. The Labute approximate surface area is 150 Å². The first kappa shape index (κ1) is 17.4. The lowest BCUT2D eigenvalue weighted by Crippen LogP contribution is -2.34. The second-order valence-electron chi connectivity index (χ2n) is 6.48. The van der Waals surface area contributed by atoms with Gasteiger partial charge in [-0.3, -0.25) is 9.88 Å². The van der Waals surface area contributed by atoms with E-state index in [0.29, 0.717) is 6.04 Å². The molecule has 0 N–H and O–H groups in total. The van der Waals surface area contributed by atoms with E-state index in [1.54, 1.807) is 11.2 Å². The van der Waals surface area contributed by atoms with Crippen molar-refractivity contribution in [1.82, 2.24) is 9.88 Å². The summed E-state index contributed by atoms with van der Waals surface area (Å²) in [6.45, 7) is 11.6. The molecule has 1 saturated heterocycles. The monoisotopic (exact) mass is 334 g/mol. The van der Waals surface area contributed by atoms with Crippen molar-refractivity contribution in [2.24, 2.45) is 5.10 Å². The summed E-state index contributed by atoms with van der Waals surface area (Å²) in [7, 11) is 0. The standard InChI is InChI=1S/C21H26N4/c1-4-25(22-3)19-12-6-5-11-18(19)16-24-15-8-7-13-20(24)21-17(2)10-9-14-23-21/h4-6,9-12,14,20H,1,3,7-8,13,15-16H2,2H3. The van der Waals surface area contributed by atoms with E-state index in [0.717, 1.165) is 25.2 Å². The number of para-hydroxylation sites is 1. The largest absolute Gasteiger partial charge is 0.290 e. The molecule has 1 atom stereocenters. The van der Waals surface area contributed by atoms with Crippen molar-refractivity contribution in [2.75, 3.05) is 11.6 Å². The van der Waals surface area contributed by atoms with Crippen LogP contribution >= 0.6 is 0 Å². The van der Waals surface area contributed by atoms with Crippen molar-refractivity contribution < 1.29 is 0 Å². The van der Waals surface area contributed by atoms with Crippen molar-refractivity contribution in [3.63, 3.8) is 0 Å². The third-order valence-corrected chi connectivity index (χ3v) is 4.92. The van der Waals surface area contributed by atoms with Gasteiger partial charge in [0.25, 0.3) is 0 Å². The summed E-state index contributed by atoms with van der Waals surface area (Å²) in [6.07, 6.45) is 7.25. The molecule has 4 nitrogen and oxygen atoms in total. The number of piperidine rings is 1. The summed E-state index contributed by atoms with van der Waals surface area (Å²) in [5, 5.41) is 5.79. The second-order valence-corrected chi connectivity index (χ2v) is 6.48. The van der Waals surface area contributed by atoms with Gasteiger partial charge < -0.3 is 0 Å². The lowest BCUT2D eigenvalue weighted by atomic mass is 9.95. The number of pyridine rings is 1. The van der Waals surface area contributed by atoms with E-state index in [9.17, 15) is 0 Å². The third-order valence-electron chi connectivity index (χ3n) is 4.92. The zero-order valence-corrected chi connectivity index (χ0v) is 14.9. The van der Waals surface area contributed by atoms with Crippen LogP contribution in [0.3, 0.4) is 0 Å². The Hall–Kier alpha value is -2.46. The van der Waals surface area contributed by atoms with Crippen LogP contribution in [-0.2, 0) is 6.54 Å². The fourth-order valence-electron chi connectivity index (χ4n) is 3.66. The minimum absolute atomic E-state index is 0.372. The first-order chi connectivity index (χ1) is 12.2. The van der Waals surface area contributed by atoms with Gasteiger partial charge in [0.15, 0.2) is 0 Å². The summed E-state index contributed by atoms with van der Waals surface area (Å²) in [6, 6.07) is 12.9. The summed E-state index contributed by atoms with van der Waals surface area (Å²) < 4.78 is 0. The van der Waals surface area contributed by atoms with Crippen molar-refractivity contribution >= 4 is 12.4 Å². The number of benzene rings is 1. The van der Waals surface area contributed by atoms with Gasteiger partial charge in [0.2, 0.25) is 0 Å². The Kier molecular flexibility index (Phi) is 5.61. The van der Waals surface area contributed by atoms with Gasteiger partial charge >= 0.3 is 0 Å². The van der Waals surface area contributed by atoms with Crippen molar-refractivity contribution in [1.29, 1.82) is 0 Å². The van der Waals surface area contributed by atoms with Crippen LogP contribution in [0.2, 0.25) is 0 Å². The van der Waals surface area contributed by atoms with Crippen LogP contribution in [0.1, 0.15) is 42.1 Å². The van der Waals surface area contributed by atoms with E-state index < -0.39 is 0 Å². The normalized spacial score (nSPS) is 17.9. The minimum Gasteiger partial charge on any atom is -0.290 e. The lowest BCUT2D eigenvalue weighted by molar-refractivity contribution is 0.137.